The van der Waals surface area contributed by atoms with Crippen LogP contribution in [0, 0.1) is 11.8 Å². The molecule has 25 heavy (non-hydrogen) atoms. The summed E-state index contributed by atoms with van der Waals surface area (Å²) in [4.78, 5) is 38.4. The van der Waals surface area contributed by atoms with E-state index < -0.39 is 6.04 Å². The van der Waals surface area contributed by atoms with Gasteiger partial charge in [-0.1, -0.05) is 32.0 Å². The molecule has 2 N–H and O–H groups in total. The molecule has 6 heteroatoms. The molecule has 0 aromatic heterocycles. The third-order valence-corrected chi connectivity index (χ3v) is 4.44. The summed E-state index contributed by atoms with van der Waals surface area (Å²) in [6.45, 7) is 6.23. The number of para-hydroxylation sites is 1. The molecule has 1 aromatic carbocycles. The molecule has 136 valence electrons. The Hall–Kier alpha value is -2.37. The second-order valence-corrected chi connectivity index (χ2v) is 6.90. The molecule has 0 bridgehead atoms. The van der Waals surface area contributed by atoms with Crippen molar-refractivity contribution in [2.45, 2.75) is 39.7 Å². The van der Waals surface area contributed by atoms with Gasteiger partial charge in [-0.15, -0.1) is 0 Å². The summed E-state index contributed by atoms with van der Waals surface area (Å²) in [7, 11) is 0. The van der Waals surface area contributed by atoms with Gasteiger partial charge in [0.25, 0.3) is 0 Å². The third-order valence-electron chi connectivity index (χ3n) is 4.44. The van der Waals surface area contributed by atoms with Crippen LogP contribution in [0.3, 0.4) is 0 Å². The molecule has 0 saturated carbocycles. The Morgan fingerprint density at radius 1 is 1.16 bits per heavy atom. The lowest BCUT2D eigenvalue weighted by Crippen LogP contribution is -2.54. The average Bonchev–Trinajstić information content (AvgIpc) is 2.59. The van der Waals surface area contributed by atoms with Gasteiger partial charge in [-0.25, -0.2) is 0 Å². The van der Waals surface area contributed by atoms with Crippen LogP contribution in [0.25, 0.3) is 0 Å². The highest BCUT2D eigenvalue weighted by atomic mass is 16.2. The first-order valence-electron chi connectivity index (χ1n) is 8.80. The van der Waals surface area contributed by atoms with E-state index in [0.717, 1.165) is 18.5 Å². The minimum Gasteiger partial charge on any atom is -0.344 e. The summed E-state index contributed by atoms with van der Waals surface area (Å²) in [5, 5.41) is 5.64. The van der Waals surface area contributed by atoms with Crippen LogP contribution >= 0.6 is 0 Å². The zero-order valence-electron chi connectivity index (χ0n) is 15.1. The Balaban J connectivity index is 2.00. The van der Waals surface area contributed by atoms with E-state index in [9.17, 15) is 14.4 Å². The Labute approximate surface area is 149 Å². The van der Waals surface area contributed by atoms with Gasteiger partial charge < -0.3 is 15.5 Å². The molecule has 0 spiro atoms. The molecule has 1 saturated heterocycles. The van der Waals surface area contributed by atoms with Gasteiger partial charge in [-0.3, -0.25) is 14.4 Å². The molecular formula is C19H27N3O3. The summed E-state index contributed by atoms with van der Waals surface area (Å²) < 4.78 is 0. The molecule has 0 aliphatic carbocycles. The highest BCUT2D eigenvalue weighted by molar-refractivity contribution is 5.93. The predicted octanol–water partition coefficient (Wildman–Crippen LogP) is 2.02. The van der Waals surface area contributed by atoms with Gasteiger partial charge in [-0.2, -0.15) is 0 Å². The van der Waals surface area contributed by atoms with Crippen LogP contribution in [0.2, 0.25) is 0 Å². The number of carbonyl (C=O) groups is 3. The summed E-state index contributed by atoms with van der Waals surface area (Å²) in [6, 6.07) is 8.77. The smallest absolute Gasteiger partial charge is 0.245 e. The number of hydrogen-bond acceptors (Lipinski definition) is 3. The Bertz CT molecular complexity index is 616. The van der Waals surface area contributed by atoms with Crippen LogP contribution in [0.15, 0.2) is 30.3 Å². The molecular weight excluding hydrogens is 318 g/mol. The molecule has 1 aliphatic heterocycles. The Morgan fingerprint density at radius 3 is 2.44 bits per heavy atom. The maximum absolute atomic E-state index is 12.8. The van der Waals surface area contributed by atoms with Crippen LogP contribution < -0.4 is 10.6 Å². The first-order chi connectivity index (χ1) is 11.9. The number of nitrogens with one attached hydrogen (secondary N) is 2. The Kier molecular flexibility index (Phi) is 6.56. The van der Waals surface area contributed by atoms with Crippen LogP contribution in [-0.4, -0.2) is 41.8 Å². The molecule has 0 radical (unpaired) electrons. The molecule has 6 nitrogen and oxygen atoms in total. The minimum absolute atomic E-state index is 0.00470. The zero-order valence-corrected chi connectivity index (χ0v) is 15.1. The van der Waals surface area contributed by atoms with Crippen molar-refractivity contribution < 1.29 is 14.4 Å². The van der Waals surface area contributed by atoms with Crippen LogP contribution in [0.4, 0.5) is 5.69 Å². The van der Waals surface area contributed by atoms with E-state index in [1.807, 2.05) is 44.2 Å². The van der Waals surface area contributed by atoms with Crippen molar-refractivity contribution in [3.05, 3.63) is 30.3 Å². The summed E-state index contributed by atoms with van der Waals surface area (Å²) in [5.41, 5.74) is 0.759. The fourth-order valence-corrected chi connectivity index (χ4v) is 3.09. The molecule has 1 heterocycles. The number of likely N-dealkylation sites (tertiary alicyclic amines) is 1. The first kappa shape index (κ1) is 19.0. The van der Waals surface area contributed by atoms with E-state index in [0.29, 0.717) is 13.1 Å². The third kappa shape index (κ3) is 5.31. The van der Waals surface area contributed by atoms with Gasteiger partial charge in [0.1, 0.15) is 6.04 Å². The maximum atomic E-state index is 12.8. The highest BCUT2D eigenvalue weighted by Crippen LogP contribution is 2.20. The number of amides is 3. The van der Waals surface area contributed by atoms with Crippen molar-refractivity contribution in [3.8, 4) is 0 Å². The van der Waals surface area contributed by atoms with Gasteiger partial charge in [-0.05, 0) is 30.9 Å². The minimum atomic E-state index is -0.548. The van der Waals surface area contributed by atoms with E-state index in [2.05, 4.69) is 10.6 Å². The molecule has 1 fully saturated rings. The van der Waals surface area contributed by atoms with Crippen molar-refractivity contribution in [1.82, 2.24) is 10.2 Å². The molecule has 2 atom stereocenters. The summed E-state index contributed by atoms with van der Waals surface area (Å²) in [6.07, 6.45) is 1.54. The standard InChI is InChI=1S/C19H27N3O3/c1-13(2)17(20-14(3)23)19(25)22-11-7-8-15(12-22)18(24)21-16-9-5-4-6-10-16/h4-6,9-10,13,15,17H,7-8,11-12H2,1-3H3,(H,20,23)(H,21,24)/t15-,17-/m1/s1. The van der Waals surface area contributed by atoms with Gasteiger partial charge in [0.2, 0.25) is 17.7 Å². The lowest BCUT2D eigenvalue weighted by molar-refractivity contribution is -0.140. The van der Waals surface area contributed by atoms with Crippen LogP contribution in [0.1, 0.15) is 33.6 Å². The van der Waals surface area contributed by atoms with E-state index in [-0.39, 0.29) is 29.6 Å². The second-order valence-electron chi connectivity index (χ2n) is 6.90. The normalized spacial score (nSPS) is 18.6. The number of rotatable bonds is 5. The number of hydrogen-bond donors (Lipinski definition) is 2. The van der Waals surface area contributed by atoms with Crippen molar-refractivity contribution in [1.29, 1.82) is 0 Å². The lowest BCUT2D eigenvalue weighted by Gasteiger charge is -2.35. The predicted molar refractivity (Wildman–Crippen MR) is 96.8 cm³/mol. The lowest BCUT2D eigenvalue weighted by atomic mass is 9.95. The SMILES string of the molecule is CC(=O)N[C@@H](C(=O)N1CCC[C@@H](C(=O)Nc2ccccc2)C1)C(C)C. The first-order valence-corrected chi connectivity index (χ1v) is 8.80. The van der Waals surface area contributed by atoms with E-state index in [1.54, 1.807) is 4.90 Å². The van der Waals surface area contributed by atoms with Gasteiger partial charge >= 0.3 is 0 Å². The highest BCUT2D eigenvalue weighted by Gasteiger charge is 2.33. The zero-order chi connectivity index (χ0) is 18.4. The number of benzene rings is 1. The summed E-state index contributed by atoms with van der Waals surface area (Å²) >= 11 is 0. The monoisotopic (exact) mass is 345 g/mol. The van der Waals surface area contributed by atoms with Crippen molar-refractivity contribution in [3.63, 3.8) is 0 Å². The van der Waals surface area contributed by atoms with Crippen molar-refractivity contribution >= 4 is 23.4 Å². The van der Waals surface area contributed by atoms with E-state index >= 15 is 0 Å². The molecule has 3 amide bonds. The van der Waals surface area contributed by atoms with Gasteiger partial charge in [0.15, 0.2) is 0 Å². The molecule has 2 rings (SSSR count). The Morgan fingerprint density at radius 2 is 1.84 bits per heavy atom. The van der Waals surface area contributed by atoms with E-state index in [4.69, 9.17) is 0 Å². The maximum Gasteiger partial charge on any atom is 0.245 e. The van der Waals surface area contributed by atoms with E-state index in [1.165, 1.54) is 6.92 Å². The fraction of sp³-hybridized carbons (Fsp3) is 0.526. The number of anilines is 1. The molecule has 1 aliphatic rings. The largest absolute Gasteiger partial charge is 0.344 e. The van der Waals surface area contributed by atoms with Crippen molar-refractivity contribution in [2.75, 3.05) is 18.4 Å². The quantitative estimate of drug-likeness (QED) is 0.857. The summed E-state index contributed by atoms with van der Waals surface area (Å²) in [5.74, 6) is -0.632. The van der Waals surface area contributed by atoms with Crippen molar-refractivity contribution in [2.24, 2.45) is 11.8 Å². The number of piperidine rings is 1. The van der Waals surface area contributed by atoms with Crippen LogP contribution in [0.5, 0.6) is 0 Å². The second kappa shape index (κ2) is 8.65. The van der Waals surface area contributed by atoms with Gasteiger partial charge in [0.05, 0.1) is 5.92 Å². The fourth-order valence-electron chi connectivity index (χ4n) is 3.09. The number of carbonyl (C=O) groups excluding carboxylic acids is 3. The topological polar surface area (TPSA) is 78.5 Å². The average molecular weight is 345 g/mol. The molecule has 0 unspecified atom stereocenters. The number of nitrogens with zero attached hydrogens (tertiary/aromatic N) is 1. The van der Waals surface area contributed by atoms with Gasteiger partial charge in [0, 0.05) is 25.7 Å². The molecule has 1 aromatic rings. The van der Waals surface area contributed by atoms with Crippen LogP contribution in [-0.2, 0) is 14.4 Å².